The summed E-state index contributed by atoms with van der Waals surface area (Å²) in [6.07, 6.45) is 2.50. The van der Waals surface area contributed by atoms with Crippen molar-refractivity contribution in [2.24, 2.45) is 0 Å². The molecule has 1 saturated carbocycles. The number of aliphatic hydroxyl groups is 1. The lowest BCUT2D eigenvalue weighted by atomic mass is 9.94. The van der Waals surface area contributed by atoms with Gasteiger partial charge < -0.3 is 5.11 Å². The molecule has 1 aromatic rings. The molecule has 1 aliphatic carbocycles. The first-order valence-corrected chi connectivity index (χ1v) is 8.46. The molecule has 4 nitrogen and oxygen atoms in total. The maximum absolute atomic E-state index is 12.2. The van der Waals surface area contributed by atoms with Gasteiger partial charge >= 0.3 is 0 Å². The van der Waals surface area contributed by atoms with Crippen molar-refractivity contribution >= 4 is 21.4 Å². The first-order valence-electron chi connectivity index (χ1n) is 6.16. The van der Waals surface area contributed by atoms with Crippen molar-refractivity contribution in [2.75, 3.05) is 0 Å². The van der Waals surface area contributed by atoms with Crippen molar-refractivity contribution in [3.05, 3.63) is 15.8 Å². The van der Waals surface area contributed by atoms with Crippen molar-refractivity contribution in [1.82, 2.24) is 4.72 Å². The molecular formula is C12H19NO3S2. The van der Waals surface area contributed by atoms with E-state index in [9.17, 15) is 13.5 Å². The fraction of sp³-hybridized carbons (Fsp3) is 0.667. The summed E-state index contributed by atoms with van der Waals surface area (Å²) in [5.41, 5.74) is 0. The molecule has 0 radical (unpaired) electrons. The fourth-order valence-corrected chi connectivity index (χ4v) is 5.21. The van der Waals surface area contributed by atoms with E-state index in [1.54, 1.807) is 6.07 Å². The van der Waals surface area contributed by atoms with Gasteiger partial charge in [0, 0.05) is 15.8 Å². The van der Waals surface area contributed by atoms with Crippen LogP contribution in [0, 0.1) is 13.8 Å². The van der Waals surface area contributed by atoms with Crippen LogP contribution in [0.5, 0.6) is 0 Å². The number of aliphatic hydroxyl groups excluding tert-OH is 1. The Kier molecular flexibility index (Phi) is 4.11. The molecular weight excluding hydrogens is 270 g/mol. The van der Waals surface area contributed by atoms with E-state index in [0.29, 0.717) is 30.6 Å². The van der Waals surface area contributed by atoms with Gasteiger partial charge in [0.1, 0.15) is 0 Å². The van der Waals surface area contributed by atoms with E-state index in [0.717, 1.165) is 9.75 Å². The van der Waals surface area contributed by atoms with E-state index in [1.165, 1.54) is 11.3 Å². The van der Waals surface area contributed by atoms with Crippen molar-refractivity contribution in [3.63, 3.8) is 0 Å². The van der Waals surface area contributed by atoms with Crippen molar-refractivity contribution in [2.45, 2.75) is 56.6 Å². The molecule has 1 aliphatic rings. The van der Waals surface area contributed by atoms with Crippen LogP contribution in [0.15, 0.2) is 11.0 Å². The van der Waals surface area contributed by atoms with Crippen LogP contribution in [0.1, 0.15) is 35.4 Å². The molecule has 0 saturated heterocycles. The van der Waals surface area contributed by atoms with Crippen LogP contribution in [0.3, 0.4) is 0 Å². The largest absolute Gasteiger partial charge is 0.393 e. The predicted octanol–water partition coefficient (Wildman–Crippen LogP) is 1.95. The summed E-state index contributed by atoms with van der Waals surface area (Å²) < 4.78 is 27.3. The highest BCUT2D eigenvalue weighted by molar-refractivity contribution is 7.89. The molecule has 0 spiro atoms. The summed E-state index contributed by atoms with van der Waals surface area (Å²) in [6.45, 7) is 3.74. The zero-order chi connectivity index (χ0) is 13.3. The minimum absolute atomic E-state index is 0.0435. The maximum Gasteiger partial charge on any atom is 0.241 e. The number of hydrogen-bond acceptors (Lipinski definition) is 4. The Hall–Kier alpha value is -0.430. The van der Waals surface area contributed by atoms with Crippen LogP contribution in [0.4, 0.5) is 0 Å². The normalized spacial score (nSPS) is 25.3. The van der Waals surface area contributed by atoms with E-state index in [-0.39, 0.29) is 12.1 Å². The van der Waals surface area contributed by atoms with Crippen LogP contribution in [-0.4, -0.2) is 25.7 Å². The van der Waals surface area contributed by atoms with Gasteiger partial charge in [-0.3, -0.25) is 0 Å². The topological polar surface area (TPSA) is 66.4 Å². The number of aryl methyl sites for hydroxylation is 2. The Morgan fingerprint density at radius 3 is 2.39 bits per heavy atom. The van der Waals surface area contributed by atoms with Gasteiger partial charge in [0.25, 0.3) is 0 Å². The third-order valence-electron chi connectivity index (χ3n) is 3.30. The summed E-state index contributed by atoms with van der Waals surface area (Å²) in [4.78, 5) is 2.24. The SMILES string of the molecule is Cc1cc(S(=O)(=O)NC2CCC(O)CC2)c(C)s1. The lowest BCUT2D eigenvalue weighted by Gasteiger charge is -2.25. The van der Waals surface area contributed by atoms with Gasteiger partial charge in [0.15, 0.2) is 0 Å². The number of sulfonamides is 1. The molecule has 6 heteroatoms. The second-order valence-corrected chi connectivity index (χ2v) is 8.05. The molecule has 1 fully saturated rings. The van der Waals surface area contributed by atoms with Crippen molar-refractivity contribution in [3.8, 4) is 0 Å². The monoisotopic (exact) mass is 289 g/mol. The Balaban J connectivity index is 2.10. The van der Waals surface area contributed by atoms with Crippen molar-refractivity contribution < 1.29 is 13.5 Å². The molecule has 0 amide bonds. The molecule has 0 aliphatic heterocycles. The third kappa shape index (κ3) is 3.12. The zero-order valence-corrected chi connectivity index (χ0v) is 12.3. The van der Waals surface area contributed by atoms with Gasteiger partial charge in [-0.15, -0.1) is 11.3 Å². The Bertz CT molecular complexity index is 513. The highest BCUT2D eigenvalue weighted by atomic mass is 32.2. The molecule has 1 aromatic heterocycles. The number of rotatable bonds is 3. The van der Waals surface area contributed by atoms with Crippen LogP contribution in [-0.2, 0) is 10.0 Å². The second-order valence-electron chi connectivity index (χ2n) is 4.90. The summed E-state index contributed by atoms with van der Waals surface area (Å²) in [6, 6.07) is 1.68. The Labute approximate surface area is 112 Å². The summed E-state index contributed by atoms with van der Waals surface area (Å²) in [7, 11) is -3.41. The molecule has 2 N–H and O–H groups in total. The molecule has 0 unspecified atom stereocenters. The standard InChI is InChI=1S/C12H19NO3S2/c1-8-7-12(9(2)17-8)18(15,16)13-10-3-5-11(14)6-4-10/h7,10-11,13-14H,3-6H2,1-2H3. The summed E-state index contributed by atoms with van der Waals surface area (Å²) >= 11 is 1.50. The summed E-state index contributed by atoms with van der Waals surface area (Å²) in [5, 5.41) is 9.41. The lowest BCUT2D eigenvalue weighted by molar-refractivity contribution is 0.120. The smallest absolute Gasteiger partial charge is 0.241 e. The van der Waals surface area contributed by atoms with E-state index in [2.05, 4.69) is 4.72 Å². The van der Waals surface area contributed by atoms with E-state index >= 15 is 0 Å². The van der Waals surface area contributed by atoms with E-state index in [4.69, 9.17) is 0 Å². The molecule has 0 atom stereocenters. The van der Waals surface area contributed by atoms with Gasteiger partial charge in [-0.05, 0) is 45.6 Å². The minimum atomic E-state index is -3.41. The van der Waals surface area contributed by atoms with Gasteiger partial charge in [0.05, 0.1) is 11.0 Å². The van der Waals surface area contributed by atoms with Crippen LogP contribution in [0.2, 0.25) is 0 Å². The Morgan fingerprint density at radius 1 is 1.28 bits per heavy atom. The van der Waals surface area contributed by atoms with Crippen LogP contribution >= 0.6 is 11.3 Å². The number of nitrogens with one attached hydrogen (secondary N) is 1. The molecule has 102 valence electrons. The predicted molar refractivity (Wildman–Crippen MR) is 72.4 cm³/mol. The van der Waals surface area contributed by atoms with E-state index in [1.807, 2.05) is 13.8 Å². The average molecular weight is 289 g/mol. The molecule has 2 rings (SSSR count). The maximum atomic E-state index is 12.2. The van der Waals surface area contributed by atoms with Crippen LogP contribution < -0.4 is 4.72 Å². The molecule has 0 aromatic carbocycles. The zero-order valence-electron chi connectivity index (χ0n) is 10.6. The lowest BCUT2D eigenvalue weighted by Crippen LogP contribution is -2.38. The molecule has 1 heterocycles. The minimum Gasteiger partial charge on any atom is -0.393 e. The van der Waals surface area contributed by atoms with E-state index < -0.39 is 10.0 Å². The number of thiophene rings is 1. The second kappa shape index (κ2) is 5.28. The van der Waals surface area contributed by atoms with Gasteiger partial charge in [0.2, 0.25) is 10.0 Å². The summed E-state index contributed by atoms with van der Waals surface area (Å²) in [5.74, 6) is 0. The average Bonchev–Trinajstić information content (AvgIpc) is 2.62. The fourth-order valence-electron chi connectivity index (χ4n) is 2.35. The van der Waals surface area contributed by atoms with Gasteiger partial charge in [-0.25, -0.2) is 13.1 Å². The number of hydrogen-bond donors (Lipinski definition) is 2. The van der Waals surface area contributed by atoms with Crippen molar-refractivity contribution in [1.29, 1.82) is 0 Å². The quantitative estimate of drug-likeness (QED) is 0.893. The Morgan fingerprint density at radius 2 is 1.89 bits per heavy atom. The van der Waals surface area contributed by atoms with Gasteiger partial charge in [-0.2, -0.15) is 0 Å². The highest BCUT2D eigenvalue weighted by Crippen LogP contribution is 2.26. The van der Waals surface area contributed by atoms with Gasteiger partial charge in [-0.1, -0.05) is 0 Å². The molecule has 18 heavy (non-hydrogen) atoms. The highest BCUT2D eigenvalue weighted by Gasteiger charge is 2.26. The molecule has 0 bridgehead atoms. The van der Waals surface area contributed by atoms with Crippen LogP contribution in [0.25, 0.3) is 0 Å². The first kappa shape index (κ1) is 14.0. The third-order valence-corrected chi connectivity index (χ3v) is 6.05. The first-order chi connectivity index (χ1) is 8.38.